The van der Waals surface area contributed by atoms with Gasteiger partial charge in [0.1, 0.15) is 6.29 Å². The van der Waals surface area contributed by atoms with Gasteiger partial charge in [-0.05, 0) is 62.7 Å². The fourth-order valence-corrected chi connectivity index (χ4v) is 2.80. The first kappa shape index (κ1) is 17.4. The first-order chi connectivity index (χ1) is 9.86. The number of aldehydes is 1. The van der Waals surface area contributed by atoms with E-state index in [1.807, 2.05) is 19.1 Å². The second-order valence-corrected chi connectivity index (χ2v) is 6.58. The van der Waals surface area contributed by atoms with Crippen LogP contribution in [0.4, 0.5) is 0 Å². The van der Waals surface area contributed by atoms with Crippen molar-refractivity contribution in [1.82, 2.24) is 0 Å². The Morgan fingerprint density at radius 1 is 1.10 bits per heavy atom. The minimum Gasteiger partial charge on any atom is -0.299 e. The second kappa shape index (κ2) is 7.97. The highest BCUT2D eigenvalue weighted by Crippen LogP contribution is 2.40. The Hall–Kier alpha value is -1.63. The van der Waals surface area contributed by atoms with Crippen molar-refractivity contribution in [2.75, 3.05) is 0 Å². The van der Waals surface area contributed by atoms with E-state index < -0.39 is 0 Å². The molecule has 0 amide bonds. The van der Waals surface area contributed by atoms with Crippen LogP contribution in [0.1, 0.15) is 53.9 Å². The van der Waals surface area contributed by atoms with Gasteiger partial charge in [0.25, 0.3) is 0 Å². The first-order valence-corrected chi connectivity index (χ1v) is 7.72. The van der Waals surface area contributed by atoms with Crippen LogP contribution >= 0.6 is 0 Å². The van der Waals surface area contributed by atoms with Gasteiger partial charge in [-0.3, -0.25) is 4.79 Å². The van der Waals surface area contributed by atoms with E-state index in [9.17, 15) is 4.79 Å². The van der Waals surface area contributed by atoms with Crippen LogP contribution in [0, 0.1) is 5.41 Å². The zero-order valence-electron chi connectivity index (χ0n) is 14.1. The molecular weight excluding hydrogens is 258 g/mol. The van der Waals surface area contributed by atoms with Crippen LogP contribution < -0.4 is 0 Å². The molecule has 0 N–H and O–H groups in total. The maximum Gasteiger partial charge on any atom is 0.143 e. The Morgan fingerprint density at radius 2 is 1.76 bits per heavy atom. The summed E-state index contributed by atoms with van der Waals surface area (Å²) in [5.74, 6) is 0. The number of rotatable bonds is 5. The molecule has 0 bridgehead atoms. The van der Waals surface area contributed by atoms with E-state index in [0.29, 0.717) is 0 Å². The van der Waals surface area contributed by atoms with E-state index in [2.05, 4.69) is 45.9 Å². The predicted octanol–water partition coefficient (Wildman–Crippen LogP) is 5.72. The summed E-state index contributed by atoms with van der Waals surface area (Å²) in [7, 11) is 0. The summed E-state index contributed by atoms with van der Waals surface area (Å²) < 4.78 is 0. The average molecular weight is 286 g/mol. The largest absolute Gasteiger partial charge is 0.299 e. The van der Waals surface area contributed by atoms with Gasteiger partial charge >= 0.3 is 0 Å². The molecule has 1 heteroatoms. The molecule has 1 rings (SSSR count). The van der Waals surface area contributed by atoms with E-state index in [4.69, 9.17) is 0 Å². The summed E-state index contributed by atoms with van der Waals surface area (Å²) in [4.78, 5) is 10.3. The average Bonchev–Trinajstić information content (AvgIpc) is 2.37. The summed E-state index contributed by atoms with van der Waals surface area (Å²) in [5.41, 5.74) is 5.48. The quantitative estimate of drug-likeness (QED) is 0.273. The van der Waals surface area contributed by atoms with Crippen molar-refractivity contribution in [1.29, 1.82) is 0 Å². The van der Waals surface area contributed by atoms with Gasteiger partial charge in [-0.2, -0.15) is 0 Å². The van der Waals surface area contributed by atoms with Crippen molar-refractivity contribution in [2.24, 2.45) is 5.41 Å². The number of carbonyl (C=O) groups excluding carboxylic acids is 1. The molecule has 1 nitrogen and oxygen atoms in total. The van der Waals surface area contributed by atoms with Gasteiger partial charge in [0.2, 0.25) is 0 Å². The highest BCUT2D eigenvalue weighted by molar-refractivity contribution is 5.66. The third-order valence-corrected chi connectivity index (χ3v) is 4.10. The van der Waals surface area contributed by atoms with Crippen LogP contribution in [0.5, 0.6) is 0 Å². The number of allylic oxidation sites excluding steroid dienone is 10. The third-order valence-electron chi connectivity index (χ3n) is 4.10. The highest BCUT2D eigenvalue weighted by Gasteiger charge is 2.26. The zero-order chi connectivity index (χ0) is 15.9. The lowest BCUT2D eigenvalue weighted by Gasteiger charge is -2.32. The number of hydrogen-bond donors (Lipinski definition) is 0. The molecule has 0 heterocycles. The van der Waals surface area contributed by atoms with Crippen molar-refractivity contribution in [3.8, 4) is 0 Å². The van der Waals surface area contributed by atoms with Gasteiger partial charge in [0.15, 0.2) is 0 Å². The molecule has 0 saturated heterocycles. The zero-order valence-corrected chi connectivity index (χ0v) is 14.1. The minimum atomic E-state index is 0.290. The maximum atomic E-state index is 10.3. The lowest BCUT2D eigenvalue weighted by Crippen LogP contribution is -2.19. The van der Waals surface area contributed by atoms with Crippen LogP contribution in [0.15, 0.2) is 58.7 Å². The van der Waals surface area contributed by atoms with Gasteiger partial charge in [-0.1, -0.05) is 55.4 Å². The lowest BCUT2D eigenvalue weighted by atomic mass is 9.73. The molecule has 21 heavy (non-hydrogen) atoms. The summed E-state index contributed by atoms with van der Waals surface area (Å²) in [6, 6.07) is 0. The minimum absolute atomic E-state index is 0.290. The molecule has 0 aromatic heterocycles. The maximum absolute atomic E-state index is 10.3. The molecule has 0 aromatic rings. The molecule has 0 atom stereocenters. The van der Waals surface area contributed by atoms with Gasteiger partial charge in [0.05, 0.1) is 0 Å². The van der Waals surface area contributed by atoms with E-state index in [1.54, 1.807) is 6.08 Å². The smallest absolute Gasteiger partial charge is 0.143 e. The lowest BCUT2D eigenvalue weighted by molar-refractivity contribution is -0.104. The molecule has 1 aliphatic carbocycles. The molecule has 0 saturated carbocycles. The third kappa shape index (κ3) is 5.71. The molecule has 0 radical (unpaired) electrons. The summed E-state index contributed by atoms with van der Waals surface area (Å²) >= 11 is 0. The summed E-state index contributed by atoms with van der Waals surface area (Å²) in [6.07, 6.45) is 16.6. The monoisotopic (exact) mass is 286 g/mol. The van der Waals surface area contributed by atoms with Gasteiger partial charge in [0, 0.05) is 0 Å². The van der Waals surface area contributed by atoms with Crippen LogP contribution in [0.25, 0.3) is 0 Å². The highest BCUT2D eigenvalue weighted by atomic mass is 16.1. The number of hydrogen-bond acceptors (Lipinski definition) is 1. The van der Waals surface area contributed by atoms with Crippen molar-refractivity contribution in [3.63, 3.8) is 0 Å². The normalized spacial score (nSPS) is 20.6. The van der Waals surface area contributed by atoms with E-state index >= 15 is 0 Å². The Bertz CT molecular complexity index is 522. The number of carbonyl (C=O) groups is 1. The standard InChI is InChI=1S/C20H28O/c1-16(8-6-9-17(2)13-15-21)11-12-19-18(3)10-7-14-20(19,4)5/h6,8-9,11-13,15H,7,10,14H2,1-5H3/b9-6-,12-11+,16-8+,17-13+/i8+1,16+1. The van der Waals surface area contributed by atoms with Gasteiger partial charge in [-0.15, -0.1) is 0 Å². The van der Waals surface area contributed by atoms with E-state index in [1.165, 1.54) is 36.0 Å². The Kier molecular flexibility index (Phi) is 6.61. The Morgan fingerprint density at radius 3 is 2.38 bits per heavy atom. The SMILES string of the molecule is CC1=C(/C=C/[13C](C)=[13CH]/C=C\C(C)=C\C=O)C(C)(C)CCC1. The fourth-order valence-electron chi connectivity index (χ4n) is 2.80. The molecule has 0 unspecified atom stereocenters. The van der Waals surface area contributed by atoms with Crippen molar-refractivity contribution in [2.45, 2.75) is 53.9 Å². The molecule has 114 valence electrons. The van der Waals surface area contributed by atoms with Crippen LogP contribution in [-0.2, 0) is 4.79 Å². The van der Waals surface area contributed by atoms with Crippen LogP contribution in [-0.4, -0.2) is 6.29 Å². The summed E-state index contributed by atoms with van der Waals surface area (Å²) in [5, 5.41) is 0. The molecular formula is C20H28O. The topological polar surface area (TPSA) is 17.1 Å². The molecule has 0 fully saturated rings. The fraction of sp³-hybridized carbons (Fsp3) is 0.450. The van der Waals surface area contributed by atoms with Crippen molar-refractivity contribution >= 4 is 6.29 Å². The second-order valence-electron chi connectivity index (χ2n) is 6.58. The molecule has 0 aliphatic heterocycles. The molecule has 0 aromatic carbocycles. The molecule has 0 spiro atoms. The van der Waals surface area contributed by atoms with Crippen molar-refractivity contribution in [3.05, 3.63) is 58.7 Å². The predicted molar refractivity (Wildman–Crippen MR) is 92.2 cm³/mol. The van der Waals surface area contributed by atoms with Crippen LogP contribution in [0.2, 0.25) is 0 Å². The van der Waals surface area contributed by atoms with Gasteiger partial charge < -0.3 is 0 Å². The van der Waals surface area contributed by atoms with E-state index in [0.717, 1.165) is 11.9 Å². The van der Waals surface area contributed by atoms with Crippen molar-refractivity contribution < 1.29 is 4.79 Å². The van der Waals surface area contributed by atoms with E-state index in [-0.39, 0.29) is 5.41 Å². The van der Waals surface area contributed by atoms with Crippen LogP contribution in [0.3, 0.4) is 0 Å². The Balaban J connectivity index is 2.80. The van der Waals surface area contributed by atoms with Gasteiger partial charge in [-0.25, -0.2) is 0 Å². The Labute approximate surface area is 129 Å². The molecule has 1 aliphatic rings. The summed E-state index contributed by atoms with van der Waals surface area (Å²) in [6.45, 7) is 10.9. The first-order valence-electron chi connectivity index (χ1n) is 7.72.